The normalized spacial score (nSPS) is 13.1. The minimum atomic E-state index is -0.215. The predicted octanol–water partition coefficient (Wildman–Crippen LogP) is 2.88. The lowest BCUT2D eigenvalue weighted by molar-refractivity contribution is -0.116. The fourth-order valence-corrected chi connectivity index (χ4v) is 2.51. The van der Waals surface area contributed by atoms with Crippen molar-refractivity contribution < 1.29 is 18.7 Å². The van der Waals surface area contributed by atoms with Gasteiger partial charge in [-0.15, -0.1) is 0 Å². The highest BCUT2D eigenvalue weighted by molar-refractivity contribution is 5.94. The molecule has 6 nitrogen and oxygen atoms in total. The van der Waals surface area contributed by atoms with Crippen LogP contribution in [-0.2, 0) is 17.8 Å². The number of amides is 2. The quantitative estimate of drug-likeness (QED) is 0.854. The number of furan rings is 1. The van der Waals surface area contributed by atoms with Crippen molar-refractivity contribution in [2.75, 3.05) is 11.9 Å². The monoisotopic (exact) mass is 328 g/mol. The molecule has 0 atom stereocenters. The Morgan fingerprint density at radius 2 is 2.17 bits per heavy atom. The van der Waals surface area contributed by atoms with E-state index in [0.29, 0.717) is 30.9 Å². The van der Waals surface area contributed by atoms with E-state index in [9.17, 15) is 9.59 Å². The number of nitrogens with one attached hydrogen (secondary N) is 2. The van der Waals surface area contributed by atoms with Gasteiger partial charge in [0.05, 0.1) is 0 Å². The number of hydrogen-bond acceptors (Lipinski definition) is 4. The number of aryl methyl sites for hydroxylation is 1. The van der Waals surface area contributed by atoms with Crippen LogP contribution in [0.1, 0.15) is 41.6 Å². The minimum absolute atomic E-state index is 0.0423. The fraction of sp³-hybridized carbons (Fsp3) is 0.333. The lowest BCUT2D eigenvalue weighted by atomic mass is 10.0. The van der Waals surface area contributed by atoms with Crippen molar-refractivity contribution in [3.8, 4) is 5.75 Å². The van der Waals surface area contributed by atoms with Gasteiger partial charge in [-0.25, -0.2) is 0 Å². The zero-order valence-corrected chi connectivity index (χ0v) is 13.6. The molecule has 2 N–H and O–H groups in total. The van der Waals surface area contributed by atoms with Gasteiger partial charge in [0.1, 0.15) is 18.1 Å². The second-order valence-electron chi connectivity index (χ2n) is 5.68. The third-order valence-electron chi connectivity index (χ3n) is 3.77. The van der Waals surface area contributed by atoms with Crippen molar-refractivity contribution in [1.29, 1.82) is 0 Å². The molecule has 6 heteroatoms. The molecule has 0 aliphatic carbocycles. The topological polar surface area (TPSA) is 80.6 Å². The highest BCUT2D eigenvalue weighted by Gasteiger charge is 2.15. The maximum absolute atomic E-state index is 11.8. The molecule has 1 aromatic heterocycles. The van der Waals surface area contributed by atoms with Gasteiger partial charge in [0.15, 0.2) is 5.76 Å². The van der Waals surface area contributed by atoms with Crippen LogP contribution < -0.4 is 15.4 Å². The summed E-state index contributed by atoms with van der Waals surface area (Å²) in [7, 11) is 0. The van der Waals surface area contributed by atoms with E-state index < -0.39 is 0 Å². The highest BCUT2D eigenvalue weighted by Crippen LogP contribution is 2.27. The Bertz CT molecular complexity index is 751. The first kappa shape index (κ1) is 16.1. The lowest BCUT2D eigenvalue weighted by Crippen LogP contribution is -2.23. The Labute approximate surface area is 140 Å². The summed E-state index contributed by atoms with van der Waals surface area (Å²) >= 11 is 0. The maximum atomic E-state index is 11.8. The highest BCUT2D eigenvalue weighted by atomic mass is 16.5. The fourth-order valence-electron chi connectivity index (χ4n) is 2.51. The molecule has 0 radical (unpaired) electrons. The summed E-state index contributed by atoms with van der Waals surface area (Å²) in [5.74, 6) is 1.41. The van der Waals surface area contributed by atoms with E-state index >= 15 is 0 Å². The van der Waals surface area contributed by atoms with Crippen molar-refractivity contribution >= 4 is 17.5 Å². The van der Waals surface area contributed by atoms with Crippen LogP contribution >= 0.6 is 0 Å². The van der Waals surface area contributed by atoms with Crippen molar-refractivity contribution in [2.24, 2.45) is 0 Å². The smallest absolute Gasteiger partial charge is 0.286 e. The van der Waals surface area contributed by atoms with Crippen molar-refractivity contribution in [2.45, 2.75) is 32.8 Å². The van der Waals surface area contributed by atoms with Gasteiger partial charge in [0, 0.05) is 18.7 Å². The first-order valence-electron chi connectivity index (χ1n) is 8.08. The minimum Gasteiger partial charge on any atom is -0.486 e. The van der Waals surface area contributed by atoms with Crippen LogP contribution in [0.15, 0.2) is 34.7 Å². The number of anilines is 1. The van der Waals surface area contributed by atoms with Gasteiger partial charge in [0.25, 0.3) is 5.91 Å². The van der Waals surface area contributed by atoms with Crippen LogP contribution in [0.25, 0.3) is 0 Å². The summed E-state index contributed by atoms with van der Waals surface area (Å²) < 4.78 is 11.2. The molecule has 1 aliphatic rings. The molecule has 0 spiro atoms. The maximum Gasteiger partial charge on any atom is 0.286 e. The first-order valence-corrected chi connectivity index (χ1v) is 8.08. The molecule has 0 saturated heterocycles. The molecule has 126 valence electrons. The molecule has 1 aliphatic heterocycles. The van der Waals surface area contributed by atoms with Crippen molar-refractivity contribution in [3.63, 3.8) is 0 Å². The molecule has 0 unspecified atom stereocenters. The van der Waals surface area contributed by atoms with Gasteiger partial charge < -0.3 is 19.8 Å². The van der Waals surface area contributed by atoms with Crippen LogP contribution in [0.2, 0.25) is 0 Å². The van der Waals surface area contributed by atoms with Gasteiger partial charge in [-0.05, 0) is 48.7 Å². The van der Waals surface area contributed by atoms with E-state index in [1.807, 2.05) is 25.1 Å². The SMILES string of the molecule is CCCNC(=O)c1ccc(COc2ccc3c(c2)CCC(=O)N3)o1. The second kappa shape index (κ2) is 7.21. The largest absolute Gasteiger partial charge is 0.486 e. The zero-order chi connectivity index (χ0) is 16.9. The number of benzene rings is 1. The summed E-state index contributed by atoms with van der Waals surface area (Å²) in [6, 6.07) is 8.95. The van der Waals surface area contributed by atoms with Crippen LogP contribution in [0.4, 0.5) is 5.69 Å². The number of carbonyl (C=O) groups is 2. The van der Waals surface area contributed by atoms with Crippen LogP contribution in [-0.4, -0.2) is 18.4 Å². The van der Waals surface area contributed by atoms with Gasteiger partial charge in [-0.1, -0.05) is 6.92 Å². The zero-order valence-electron chi connectivity index (χ0n) is 13.6. The van der Waals surface area contributed by atoms with Gasteiger partial charge in [-0.2, -0.15) is 0 Å². The van der Waals surface area contributed by atoms with E-state index in [-0.39, 0.29) is 24.2 Å². The summed E-state index contributed by atoms with van der Waals surface area (Å²) in [5, 5.41) is 5.60. The summed E-state index contributed by atoms with van der Waals surface area (Å²) in [4.78, 5) is 23.2. The standard InChI is InChI=1S/C18H20N2O4/c1-2-9-19-18(22)16-7-5-14(24-16)11-23-13-4-6-15-12(10-13)3-8-17(21)20-15/h4-7,10H,2-3,8-9,11H2,1H3,(H,19,22)(H,20,21). The molecule has 2 amide bonds. The molecule has 0 saturated carbocycles. The van der Waals surface area contributed by atoms with Gasteiger partial charge in [0.2, 0.25) is 5.91 Å². The van der Waals surface area contributed by atoms with E-state index in [1.54, 1.807) is 12.1 Å². The number of fused-ring (bicyclic) bond motifs is 1. The lowest BCUT2D eigenvalue weighted by Gasteiger charge is -2.17. The number of rotatable bonds is 6. The molecular formula is C18H20N2O4. The average Bonchev–Trinajstić information content (AvgIpc) is 3.07. The van der Waals surface area contributed by atoms with E-state index in [1.165, 1.54) is 0 Å². The molecular weight excluding hydrogens is 308 g/mol. The second-order valence-corrected chi connectivity index (χ2v) is 5.68. The molecule has 0 bridgehead atoms. The molecule has 2 aromatic rings. The van der Waals surface area contributed by atoms with Crippen LogP contribution in [0, 0.1) is 0 Å². The molecule has 2 heterocycles. The van der Waals surface area contributed by atoms with Crippen LogP contribution in [0.3, 0.4) is 0 Å². The Morgan fingerprint density at radius 3 is 3.00 bits per heavy atom. The average molecular weight is 328 g/mol. The summed E-state index contributed by atoms with van der Waals surface area (Å²) in [6.45, 7) is 2.86. The Morgan fingerprint density at radius 1 is 1.29 bits per heavy atom. The number of hydrogen-bond donors (Lipinski definition) is 2. The molecule has 1 aromatic carbocycles. The summed E-state index contributed by atoms with van der Waals surface area (Å²) in [6.07, 6.45) is 2.08. The third kappa shape index (κ3) is 3.76. The number of carbonyl (C=O) groups excluding carboxylic acids is 2. The predicted molar refractivity (Wildman–Crippen MR) is 89.1 cm³/mol. The van der Waals surface area contributed by atoms with Gasteiger partial charge in [-0.3, -0.25) is 9.59 Å². The van der Waals surface area contributed by atoms with E-state index in [2.05, 4.69) is 10.6 Å². The Kier molecular flexibility index (Phi) is 4.84. The van der Waals surface area contributed by atoms with Crippen molar-refractivity contribution in [1.82, 2.24) is 5.32 Å². The van der Waals surface area contributed by atoms with Gasteiger partial charge >= 0.3 is 0 Å². The van der Waals surface area contributed by atoms with E-state index in [4.69, 9.17) is 9.15 Å². The number of ether oxygens (including phenoxy) is 1. The van der Waals surface area contributed by atoms with Crippen LogP contribution in [0.5, 0.6) is 5.75 Å². The molecule has 0 fully saturated rings. The van der Waals surface area contributed by atoms with E-state index in [0.717, 1.165) is 17.7 Å². The summed E-state index contributed by atoms with van der Waals surface area (Å²) in [5.41, 5.74) is 1.90. The Hall–Kier alpha value is -2.76. The first-order chi connectivity index (χ1) is 11.7. The molecule has 3 rings (SSSR count). The Balaban J connectivity index is 1.59. The molecule has 24 heavy (non-hydrogen) atoms. The third-order valence-corrected chi connectivity index (χ3v) is 3.77. The van der Waals surface area contributed by atoms with Crippen molar-refractivity contribution in [3.05, 3.63) is 47.4 Å².